The summed E-state index contributed by atoms with van der Waals surface area (Å²) in [5.41, 5.74) is 1.41. The Labute approximate surface area is 127 Å². The molecule has 0 aliphatic heterocycles. The van der Waals surface area contributed by atoms with Gasteiger partial charge in [0, 0.05) is 4.88 Å². The summed E-state index contributed by atoms with van der Waals surface area (Å²) in [6, 6.07) is 0. The van der Waals surface area contributed by atoms with E-state index in [0.29, 0.717) is 6.61 Å². The van der Waals surface area contributed by atoms with Crippen LogP contribution in [0.2, 0.25) is 0 Å². The largest absolute Gasteiger partial charge is 0.473 e. The lowest BCUT2D eigenvalue weighted by molar-refractivity contribution is 0.349. The van der Waals surface area contributed by atoms with Gasteiger partial charge in [-0.3, -0.25) is 0 Å². The maximum absolute atomic E-state index is 5.79. The van der Waals surface area contributed by atoms with Crippen LogP contribution in [-0.2, 0) is 12.8 Å². The van der Waals surface area contributed by atoms with E-state index in [4.69, 9.17) is 4.74 Å². The number of aromatic nitrogens is 2. The van der Waals surface area contributed by atoms with Crippen LogP contribution in [-0.4, -0.2) is 22.8 Å². The molecule has 2 aromatic rings. The minimum absolute atomic E-state index is 0.487. The molecular weight excluding hydrogens is 288 g/mol. The minimum Gasteiger partial charge on any atom is -0.473 e. The fraction of sp³-hybridized carbons (Fsp3) is 0.467. The first kappa shape index (κ1) is 13.9. The number of thioether (sulfide) groups is 1. The van der Waals surface area contributed by atoms with E-state index < -0.39 is 0 Å². The fourth-order valence-corrected chi connectivity index (χ4v) is 4.41. The zero-order valence-corrected chi connectivity index (χ0v) is 13.4. The van der Waals surface area contributed by atoms with Crippen molar-refractivity contribution in [3.05, 3.63) is 23.1 Å². The maximum atomic E-state index is 5.79. The molecule has 2 aromatic heterocycles. The van der Waals surface area contributed by atoms with E-state index in [1.807, 2.05) is 17.6 Å². The van der Waals surface area contributed by atoms with Gasteiger partial charge in [0.1, 0.15) is 11.4 Å². The summed E-state index contributed by atoms with van der Waals surface area (Å²) in [7, 11) is 0. The molecule has 1 unspecified atom stereocenters. The summed E-state index contributed by atoms with van der Waals surface area (Å²) in [4.78, 5) is 11.7. The molecule has 1 aliphatic rings. The molecular formula is C15H18N2OS2. The molecule has 0 radical (unpaired) electrons. The van der Waals surface area contributed by atoms with Gasteiger partial charge in [0.15, 0.2) is 5.16 Å². The number of fused-ring (bicyclic) bond motifs is 3. The number of thiophene rings is 1. The van der Waals surface area contributed by atoms with Gasteiger partial charge in [-0.05, 0) is 37.0 Å². The third-order valence-corrected chi connectivity index (χ3v) is 5.32. The first-order valence-corrected chi connectivity index (χ1v) is 8.87. The van der Waals surface area contributed by atoms with Gasteiger partial charge in [0.05, 0.1) is 5.39 Å². The highest BCUT2D eigenvalue weighted by Crippen LogP contribution is 2.41. The molecule has 0 fully saturated rings. The Morgan fingerprint density at radius 1 is 1.50 bits per heavy atom. The molecule has 20 heavy (non-hydrogen) atoms. The lowest BCUT2D eigenvalue weighted by Crippen LogP contribution is -2.09. The molecule has 0 bridgehead atoms. The predicted molar refractivity (Wildman–Crippen MR) is 86.1 cm³/mol. The highest BCUT2D eigenvalue weighted by atomic mass is 32.2. The normalized spacial score (nSPS) is 18.0. The molecule has 1 atom stereocenters. The molecule has 106 valence electrons. The van der Waals surface area contributed by atoms with Crippen LogP contribution in [0, 0.1) is 5.92 Å². The molecule has 5 heteroatoms. The molecule has 0 amide bonds. The Morgan fingerprint density at radius 2 is 2.35 bits per heavy atom. The van der Waals surface area contributed by atoms with E-state index >= 15 is 0 Å². The fourth-order valence-electron chi connectivity index (χ4n) is 2.62. The van der Waals surface area contributed by atoms with Gasteiger partial charge in [-0.1, -0.05) is 31.3 Å². The summed E-state index contributed by atoms with van der Waals surface area (Å²) in [6.07, 6.45) is 7.26. The summed E-state index contributed by atoms with van der Waals surface area (Å²) in [5, 5.41) is 1.92. The second-order valence-corrected chi connectivity index (χ2v) is 7.00. The van der Waals surface area contributed by atoms with Gasteiger partial charge in [-0.25, -0.2) is 4.98 Å². The quantitative estimate of drug-likeness (QED) is 0.484. The average molecular weight is 306 g/mol. The van der Waals surface area contributed by atoms with Crippen molar-refractivity contribution in [3.8, 4) is 5.88 Å². The van der Waals surface area contributed by atoms with Crippen molar-refractivity contribution in [2.75, 3.05) is 12.9 Å². The van der Waals surface area contributed by atoms with Crippen LogP contribution in [0.15, 0.2) is 17.8 Å². The highest BCUT2D eigenvalue weighted by molar-refractivity contribution is 7.98. The minimum atomic E-state index is 0.487. The zero-order valence-electron chi connectivity index (χ0n) is 11.8. The topological polar surface area (TPSA) is 35.0 Å². The number of nitrogens with zero attached hydrogens (tertiary/aromatic N) is 2. The van der Waals surface area contributed by atoms with Gasteiger partial charge >= 0.3 is 0 Å². The third kappa shape index (κ3) is 2.44. The van der Waals surface area contributed by atoms with Crippen LogP contribution in [0.5, 0.6) is 5.88 Å². The van der Waals surface area contributed by atoms with Crippen molar-refractivity contribution in [1.82, 2.24) is 9.97 Å². The van der Waals surface area contributed by atoms with E-state index in [-0.39, 0.29) is 0 Å². The number of rotatable bonds is 4. The SMILES string of the molecule is C=CCOc1nc(SC)nc2sc3c(c12)CCC(C)C3. The molecule has 0 N–H and O–H groups in total. The van der Waals surface area contributed by atoms with Gasteiger partial charge < -0.3 is 4.74 Å². The van der Waals surface area contributed by atoms with Crippen LogP contribution < -0.4 is 4.74 Å². The Morgan fingerprint density at radius 3 is 3.10 bits per heavy atom. The molecule has 1 aliphatic carbocycles. The molecule has 2 heterocycles. The van der Waals surface area contributed by atoms with Crippen LogP contribution >= 0.6 is 23.1 Å². The van der Waals surface area contributed by atoms with Crippen LogP contribution in [0.3, 0.4) is 0 Å². The second kappa shape index (κ2) is 5.74. The molecule has 0 aromatic carbocycles. The van der Waals surface area contributed by atoms with Crippen molar-refractivity contribution in [1.29, 1.82) is 0 Å². The second-order valence-electron chi connectivity index (χ2n) is 5.15. The molecule has 3 rings (SSSR count). The Kier molecular flexibility index (Phi) is 3.98. The number of hydrogen-bond donors (Lipinski definition) is 0. The molecule has 0 saturated carbocycles. The van der Waals surface area contributed by atoms with Crippen LogP contribution in [0.25, 0.3) is 10.2 Å². The van der Waals surface area contributed by atoms with Crippen molar-refractivity contribution < 1.29 is 4.74 Å². The zero-order chi connectivity index (χ0) is 14.1. The van der Waals surface area contributed by atoms with Crippen molar-refractivity contribution in [2.24, 2.45) is 5.92 Å². The number of ether oxygens (including phenoxy) is 1. The van der Waals surface area contributed by atoms with E-state index in [2.05, 4.69) is 23.5 Å². The summed E-state index contributed by atoms with van der Waals surface area (Å²) in [5.74, 6) is 1.49. The Bertz CT molecular complexity index is 651. The summed E-state index contributed by atoms with van der Waals surface area (Å²) >= 11 is 3.37. The molecule has 3 nitrogen and oxygen atoms in total. The van der Waals surface area contributed by atoms with Gasteiger partial charge in [-0.2, -0.15) is 4.98 Å². The van der Waals surface area contributed by atoms with Crippen molar-refractivity contribution >= 4 is 33.3 Å². The molecule has 0 spiro atoms. The van der Waals surface area contributed by atoms with Crippen molar-refractivity contribution in [2.45, 2.75) is 31.3 Å². The first-order valence-electron chi connectivity index (χ1n) is 6.83. The van der Waals surface area contributed by atoms with E-state index in [1.54, 1.807) is 17.8 Å². The van der Waals surface area contributed by atoms with Crippen LogP contribution in [0.4, 0.5) is 0 Å². The lowest BCUT2D eigenvalue weighted by atomic mass is 9.89. The standard InChI is InChI=1S/C15H18N2OS2/c1-4-7-18-13-12-10-6-5-9(2)8-11(10)20-14(12)17-15(16-13)19-3/h4,9H,1,5-8H2,2-3H3. The molecule has 0 saturated heterocycles. The van der Waals surface area contributed by atoms with E-state index in [1.165, 1.54) is 16.9 Å². The van der Waals surface area contributed by atoms with Gasteiger partial charge in [-0.15, -0.1) is 11.3 Å². The predicted octanol–water partition coefficient (Wildman–Crippen LogP) is 4.10. The first-order chi connectivity index (χ1) is 9.72. The highest BCUT2D eigenvalue weighted by Gasteiger charge is 2.24. The average Bonchev–Trinajstić information content (AvgIpc) is 2.81. The van der Waals surface area contributed by atoms with Gasteiger partial charge in [0.2, 0.25) is 5.88 Å². The van der Waals surface area contributed by atoms with Gasteiger partial charge in [0.25, 0.3) is 0 Å². The number of aryl methyl sites for hydroxylation is 1. The maximum Gasteiger partial charge on any atom is 0.226 e. The van der Waals surface area contributed by atoms with Crippen LogP contribution in [0.1, 0.15) is 23.8 Å². The van der Waals surface area contributed by atoms with Crippen molar-refractivity contribution in [3.63, 3.8) is 0 Å². The monoisotopic (exact) mass is 306 g/mol. The third-order valence-electron chi connectivity index (χ3n) is 3.62. The van der Waals surface area contributed by atoms with E-state index in [9.17, 15) is 0 Å². The Balaban J connectivity index is 2.16. The summed E-state index contributed by atoms with van der Waals surface area (Å²) < 4.78 is 5.79. The number of hydrogen-bond acceptors (Lipinski definition) is 5. The van der Waals surface area contributed by atoms with E-state index in [0.717, 1.165) is 40.0 Å². The Hall–Kier alpha value is -1.07. The summed E-state index contributed by atoms with van der Waals surface area (Å²) in [6.45, 7) is 6.52. The lowest BCUT2D eigenvalue weighted by Gasteiger charge is -2.18. The smallest absolute Gasteiger partial charge is 0.226 e.